The zero-order valence-electron chi connectivity index (χ0n) is 21.7. The molecule has 0 fully saturated rings. The highest BCUT2D eigenvalue weighted by atomic mass is 35.8. The molecule has 0 aromatic heterocycles. The minimum Gasteiger partial charge on any atom is -0.126 e. The Morgan fingerprint density at radius 2 is 0.812 bits per heavy atom. The van der Waals surface area contributed by atoms with Gasteiger partial charge in [0.25, 0.3) is 0 Å². The van der Waals surface area contributed by atoms with E-state index in [0.29, 0.717) is 0 Å². The summed E-state index contributed by atoms with van der Waals surface area (Å²) in [7, 11) is 1.00. The molecule has 0 N–H and O–H groups in total. The molecule has 0 aliphatic rings. The molecule has 192 valence electrons. The molecule has 0 aromatic rings. The Morgan fingerprint density at radius 1 is 0.500 bits per heavy atom. The highest BCUT2D eigenvalue weighted by Crippen LogP contribution is 2.30. The lowest BCUT2D eigenvalue weighted by Crippen LogP contribution is -2.12. The average Bonchev–Trinajstić information content (AvgIpc) is 2.75. The van der Waals surface area contributed by atoms with Gasteiger partial charge in [0.05, 0.1) is 0 Å². The Bertz CT molecular complexity index is 337. The summed E-state index contributed by atoms with van der Waals surface area (Å²) in [6, 6.07) is -0.440. The van der Waals surface area contributed by atoms with Gasteiger partial charge in [0.2, 0.25) is 0 Å². The molecule has 5 heteroatoms. The van der Waals surface area contributed by atoms with Gasteiger partial charge >= 0.3 is 6.00 Å². The highest BCUT2D eigenvalue weighted by molar-refractivity contribution is 7.64. The number of hydrogen-bond acceptors (Lipinski definition) is 0. The topological polar surface area (TPSA) is 0 Å². The molecule has 32 heavy (non-hydrogen) atoms. The van der Waals surface area contributed by atoms with Gasteiger partial charge in [-0.2, -0.15) is 0 Å². The van der Waals surface area contributed by atoms with E-state index in [1.165, 1.54) is 141 Å². The molecule has 0 bridgehead atoms. The summed E-state index contributed by atoms with van der Waals surface area (Å²) < 4.78 is 0. The van der Waals surface area contributed by atoms with E-state index in [1.807, 2.05) is 0 Å². The van der Waals surface area contributed by atoms with Crippen LogP contribution in [0.5, 0.6) is 0 Å². The molecule has 0 rings (SSSR count). The summed E-state index contributed by atoms with van der Waals surface area (Å²) in [6.07, 6.45) is 31.3. The fourth-order valence-corrected chi connectivity index (χ4v) is 10.0. The molecule has 0 unspecified atom stereocenters. The number of rotatable bonds is 26. The van der Waals surface area contributed by atoms with Crippen molar-refractivity contribution in [2.45, 2.75) is 173 Å². The first kappa shape index (κ1) is 33.3. The third kappa shape index (κ3) is 27.5. The van der Waals surface area contributed by atoms with E-state index in [2.05, 4.69) is 13.8 Å². The van der Waals surface area contributed by atoms with Crippen molar-refractivity contribution in [2.24, 2.45) is 0 Å². The van der Waals surface area contributed by atoms with Crippen molar-refractivity contribution in [1.82, 2.24) is 0 Å². The predicted molar refractivity (Wildman–Crippen MR) is 155 cm³/mol. The molecule has 2 radical (unpaired) electrons. The standard InChI is InChI=1S/C27H55Cl3Si2/c1-3-5-7-9-11-13-15-17-19-21-23-27(31-25-26-32(28,29)30)24-22-20-18-16-14-12-10-8-6-4-2/h27H,3-26H2,1-2H3. The molecule has 0 aliphatic heterocycles. The first-order valence-corrected chi connectivity index (χ1v) is 20.8. The molecule has 0 atom stereocenters. The van der Waals surface area contributed by atoms with Crippen LogP contribution in [0.15, 0.2) is 0 Å². The van der Waals surface area contributed by atoms with Gasteiger partial charge in [0.1, 0.15) is 0 Å². The van der Waals surface area contributed by atoms with E-state index >= 15 is 0 Å². The Balaban J connectivity index is 3.81. The molecule has 0 saturated carbocycles. The second-order valence-corrected chi connectivity index (χ2v) is 21.0. The second-order valence-electron chi connectivity index (χ2n) is 9.96. The van der Waals surface area contributed by atoms with Crippen LogP contribution in [0.3, 0.4) is 0 Å². The molecule has 0 amide bonds. The SMILES string of the molecule is CCCCCCCCCCCCC(CCCCCCCCCCCC)[Si]CC[Si](Cl)(Cl)Cl. The zero-order valence-corrected chi connectivity index (χ0v) is 25.9. The molecule has 0 saturated heterocycles. The molecule has 0 aliphatic carbocycles. The molecular weight excluding hydrogens is 487 g/mol. The molecule has 0 spiro atoms. The summed E-state index contributed by atoms with van der Waals surface area (Å²) in [5, 5.41) is 0. The van der Waals surface area contributed by atoms with Gasteiger partial charge in [-0.3, -0.25) is 0 Å². The first-order chi connectivity index (χ1) is 15.5. The van der Waals surface area contributed by atoms with E-state index in [9.17, 15) is 0 Å². The summed E-state index contributed by atoms with van der Waals surface area (Å²) in [5.74, 6) is 0. The summed E-state index contributed by atoms with van der Waals surface area (Å²) >= 11 is 18.4. The maximum absolute atomic E-state index is 6.12. The monoisotopic (exact) mass is 540 g/mol. The highest BCUT2D eigenvalue weighted by Gasteiger charge is 2.24. The summed E-state index contributed by atoms with van der Waals surface area (Å²) in [5.41, 5.74) is 0.888. The third-order valence-corrected chi connectivity index (χ3v) is 11.4. The smallest absolute Gasteiger partial charge is 0.126 e. The van der Waals surface area contributed by atoms with Crippen LogP contribution in [0.4, 0.5) is 0 Å². The van der Waals surface area contributed by atoms with Crippen molar-refractivity contribution in [3.8, 4) is 0 Å². The zero-order chi connectivity index (χ0) is 23.8. The minimum atomic E-state index is -2.43. The lowest BCUT2D eigenvalue weighted by molar-refractivity contribution is 0.517. The number of halogens is 3. The Morgan fingerprint density at radius 3 is 1.12 bits per heavy atom. The van der Waals surface area contributed by atoms with E-state index in [4.69, 9.17) is 33.2 Å². The molecular formula is C27H55Cl3Si2. The van der Waals surface area contributed by atoms with Crippen molar-refractivity contribution in [2.75, 3.05) is 0 Å². The average molecular weight is 542 g/mol. The van der Waals surface area contributed by atoms with Gasteiger partial charge < -0.3 is 0 Å². The van der Waals surface area contributed by atoms with Gasteiger partial charge in [-0.05, 0) is 11.6 Å². The molecule has 0 nitrogen and oxygen atoms in total. The summed E-state index contributed by atoms with van der Waals surface area (Å²) in [6.45, 7) is 4.59. The number of hydrogen-bond donors (Lipinski definition) is 0. The van der Waals surface area contributed by atoms with E-state index < -0.39 is 6.00 Å². The van der Waals surface area contributed by atoms with Crippen LogP contribution in [-0.2, 0) is 0 Å². The third-order valence-electron chi connectivity index (χ3n) is 6.65. The normalized spacial score (nSPS) is 12.2. The largest absolute Gasteiger partial charge is 0.341 e. The van der Waals surface area contributed by atoms with Crippen LogP contribution < -0.4 is 0 Å². The Hall–Kier alpha value is 1.30. The van der Waals surface area contributed by atoms with Crippen molar-refractivity contribution >= 4 is 48.8 Å². The van der Waals surface area contributed by atoms with E-state index in [1.54, 1.807) is 0 Å². The lowest BCUT2D eigenvalue weighted by Gasteiger charge is -2.17. The minimum absolute atomic E-state index is 0.850. The Kier molecular flexibility index (Phi) is 26.4. The Labute approximate surface area is 220 Å². The van der Waals surface area contributed by atoms with Crippen molar-refractivity contribution in [3.05, 3.63) is 0 Å². The quantitative estimate of drug-likeness (QED) is 0.0580. The van der Waals surface area contributed by atoms with Crippen LogP contribution in [0.2, 0.25) is 17.6 Å². The molecule has 0 aromatic carbocycles. The fourth-order valence-electron chi connectivity index (χ4n) is 4.52. The predicted octanol–water partition coefficient (Wildman–Crippen LogP) is 12.2. The van der Waals surface area contributed by atoms with Crippen LogP contribution in [0, 0.1) is 0 Å². The van der Waals surface area contributed by atoms with Gasteiger partial charge in [0.15, 0.2) is 0 Å². The van der Waals surface area contributed by atoms with Gasteiger partial charge in [-0.1, -0.05) is 161 Å². The van der Waals surface area contributed by atoms with Crippen molar-refractivity contribution in [3.63, 3.8) is 0 Å². The van der Waals surface area contributed by atoms with Crippen LogP contribution in [-0.4, -0.2) is 15.5 Å². The van der Waals surface area contributed by atoms with Gasteiger partial charge in [-0.25, -0.2) is 0 Å². The van der Waals surface area contributed by atoms with E-state index in [0.717, 1.165) is 27.1 Å². The second kappa shape index (κ2) is 25.4. The maximum Gasteiger partial charge on any atom is 0.341 e. The maximum atomic E-state index is 6.12. The summed E-state index contributed by atoms with van der Waals surface area (Å²) in [4.78, 5) is 0. The fraction of sp³-hybridized carbons (Fsp3) is 1.00. The number of unbranched alkanes of at least 4 members (excludes halogenated alkanes) is 18. The van der Waals surface area contributed by atoms with Crippen LogP contribution >= 0.6 is 33.2 Å². The molecule has 0 heterocycles. The van der Waals surface area contributed by atoms with Gasteiger partial charge in [-0.15, -0.1) is 33.2 Å². The lowest BCUT2D eigenvalue weighted by atomic mass is 10.0. The van der Waals surface area contributed by atoms with E-state index in [-0.39, 0.29) is 0 Å². The van der Waals surface area contributed by atoms with Crippen molar-refractivity contribution in [1.29, 1.82) is 0 Å². The van der Waals surface area contributed by atoms with Crippen molar-refractivity contribution < 1.29 is 0 Å². The first-order valence-electron chi connectivity index (χ1n) is 14.3. The van der Waals surface area contributed by atoms with Gasteiger partial charge in [0, 0.05) is 9.52 Å². The van der Waals surface area contributed by atoms with Crippen LogP contribution in [0.1, 0.15) is 155 Å². The van der Waals surface area contributed by atoms with Crippen LogP contribution in [0.25, 0.3) is 0 Å².